The summed E-state index contributed by atoms with van der Waals surface area (Å²) in [6.07, 6.45) is 1.20. The van der Waals surface area contributed by atoms with Gasteiger partial charge in [-0.25, -0.2) is 4.79 Å². The van der Waals surface area contributed by atoms with Gasteiger partial charge >= 0.3 is 5.69 Å². The molecule has 1 aliphatic heterocycles. The predicted octanol–water partition coefficient (Wildman–Crippen LogP) is 6.17. The number of nitrogens with zero attached hydrogens (tertiary/aromatic N) is 2. The Hall–Kier alpha value is -2.09. The molecule has 1 aromatic carbocycles. The maximum Gasteiger partial charge on any atom is 0.340 e. The third-order valence-electron chi connectivity index (χ3n) is 8.93. The first-order chi connectivity index (χ1) is 18.7. The molecule has 0 saturated carbocycles. The third-order valence-corrected chi connectivity index (χ3v) is 18.3. The zero-order valence-corrected chi connectivity index (χ0v) is 28.7. The highest BCUT2D eigenvalue weighted by Crippen LogP contribution is 2.48. The van der Waals surface area contributed by atoms with Crippen molar-refractivity contribution in [1.29, 1.82) is 0 Å². The van der Waals surface area contributed by atoms with Crippen molar-refractivity contribution in [3.05, 3.63) is 81.7 Å². The monoisotopic (exact) mass is 620 g/mol. The van der Waals surface area contributed by atoms with Crippen LogP contribution in [0.4, 0.5) is 0 Å². The van der Waals surface area contributed by atoms with Crippen molar-refractivity contribution in [3.63, 3.8) is 0 Å². The maximum atomic E-state index is 13.7. The predicted molar refractivity (Wildman–Crippen MR) is 169 cm³/mol. The second-order valence-electron chi connectivity index (χ2n) is 13.8. The summed E-state index contributed by atoms with van der Waals surface area (Å²) in [5, 5.41) is -1.06. The van der Waals surface area contributed by atoms with Gasteiger partial charge in [-0.2, -0.15) is 4.57 Å². The average molecular weight is 621 g/mol. The third kappa shape index (κ3) is 6.47. The lowest BCUT2D eigenvalue weighted by atomic mass is 9.98. The normalized spacial score (nSPS) is 23.9. The topological polar surface area (TPSA) is 88.8 Å². The van der Waals surface area contributed by atoms with Crippen LogP contribution >= 0.6 is 11.6 Å². The molecular formula is C30H45ClN2O6Si2. The summed E-state index contributed by atoms with van der Waals surface area (Å²) >= 11 is 7.15. The van der Waals surface area contributed by atoms with Gasteiger partial charge < -0.3 is 13.6 Å². The van der Waals surface area contributed by atoms with E-state index in [-0.39, 0.29) is 22.2 Å². The molecule has 2 aromatic rings. The number of carbonyl (C=O) groups is 1. The summed E-state index contributed by atoms with van der Waals surface area (Å²) in [6.45, 7) is 25.6. The van der Waals surface area contributed by atoms with Crippen LogP contribution in [0.25, 0.3) is 0 Å². The van der Waals surface area contributed by atoms with E-state index in [1.807, 2.05) is 0 Å². The molecule has 1 aliphatic rings. The van der Waals surface area contributed by atoms with E-state index in [0.717, 1.165) is 0 Å². The molecule has 0 aliphatic carbocycles. The van der Waals surface area contributed by atoms with Crippen molar-refractivity contribution in [2.24, 2.45) is 0 Å². The Morgan fingerprint density at radius 1 is 1.02 bits per heavy atom. The van der Waals surface area contributed by atoms with Gasteiger partial charge in [-0.15, -0.1) is 18.2 Å². The van der Waals surface area contributed by atoms with E-state index < -0.39 is 57.1 Å². The van der Waals surface area contributed by atoms with Gasteiger partial charge in [-0.1, -0.05) is 65.8 Å². The van der Waals surface area contributed by atoms with Crippen LogP contribution in [0.1, 0.15) is 58.1 Å². The highest BCUT2D eigenvalue weighted by molar-refractivity contribution is 6.74. The second-order valence-corrected chi connectivity index (χ2v) is 23.9. The quantitative estimate of drug-likeness (QED) is 0.199. The van der Waals surface area contributed by atoms with Crippen LogP contribution in [0.2, 0.25) is 36.3 Å². The highest BCUT2D eigenvalue weighted by atomic mass is 35.5. The van der Waals surface area contributed by atoms with E-state index in [2.05, 4.69) is 74.3 Å². The molecule has 3 rings (SSSR count). The lowest BCUT2D eigenvalue weighted by molar-refractivity contribution is -0.0922. The minimum Gasteiger partial charge on any atom is -0.413 e. The molecule has 0 N–H and O–H groups in total. The van der Waals surface area contributed by atoms with Crippen LogP contribution in [0, 0.1) is 0 Å². The zero-order valence-electron chi connectivity index (χ0n) is 26.0. The molecular weight excluding hydrogens is 576 g/mol. The van der Waals surface area contributed by atoms with Crippen LogP contribution in [0.5, 0.6) is 0 Å². The Balaban J connectivity index is 2.14. The molecule has 0 unspecified atom stereocenters. The Morgan fingerprint density at radius 3 is 2.10 bits per heavy atom. The Labute approximate surface area is 250 Å². The lowest BCUT2D eigenvalue weighted by Crippen LogP contribution is -2.55. The van der Waals surface area contributed by atoms with E-state index in [9.17, 15) is 14.4 Å². The van der Waals surface area contributed by atoms with Gasteiger partial charge in [-0.3, -0.25) is 14.2 Å². The largest absolute Gasteiger partial charge is 0.413 e. The summed E-state index contributed by atoms with van der Waals surface area (Å²) in [5.74, 6) is -0.732. The Kier molecular flexibility index (Phi) is 9.40. The fourth-order valence-corrected chi connectivity index (χ4v) is 6.95. The molecule has 1 saturated heterocycles. The van der Waals surface area contributed by atoms with Crippen LogP contribution in [-0.2, 0) is 13.6 Å². The molecule has 226 valence electrons. The summed E-state index contributed by atoms with van der Waals surface area (Å²) in [7, 11) is -4.64. The minimum absolute atomic E-state index is 0.0618. The summed E-state index contributed by atoms with van der Waals surface area (Å²) < 4.78 is 21.9. The van der Waals surface area contributed by atoms with Crippen molar-refractivity contribution in [2.75, 3.05) is 6.61 Å². The van der Waals surface area contributed by atoms with E-state index >= 15 is 0 Å². The number of halogens is 1. The number of carbonyl (C=O) groups excluding carboxylic acids is 1. The van der Waals surface area contributed by atoms with Crippen molar-refractivity contribution >= 4 is 34.1 Å². The molecule has 0 spiro atoms. The molecule has 41 heavy (non-hydrogen) atoms. The Bertz CT molecular complexity index is 1390. The van der Waals surface area contributed by atoms with Gasteiger partial charge in [0.15, 0.2) is 22.9 Å². The van der Waals surface area contributed by atoms with Crippen LogP contribution < -0.4 is 11.2 Å². The zero-order chi connectivity index (χ0) is 31.2. The molecule has 0 radical (unpaired) electrons. The summed E-state index contributed by atoms with van der Waals surface area (Å²) in [6, 6.07) is 9.34. The fourth-order valence-electron chi connectivity index (χ4n) is 4.08. The maximum absolute atomic E-state index is 13.7. The van der Waals surface area contributed by atoms with Crippen molar-refractivity contribution in [2.45, 2.75) is 101 Å². The van der Waals surface area contributed by atoms with E-state index in [0.29, 0.717) is 4.57 Å². The number of hydrogen-bond acceptors (Lipinski definition) is 6. The van der Waals surface area contributed by atoms with Gasteiger partial charge in [0, 0.05) is 17.8 Å². The van der Waals surface area contributed by atoms with Crippen LogP contribution in [0.15, 0.2) is 64.8 Å². The summed E-state index contributed by atoms with van der Waals surface area (Å²) in [4.78, 5) is 39.7. The number of aromatic nitrogens is 2. The number of ether oxygens (including phenoxy) is 1. The van der Waals surface area contributed by atoms with Crippen molar-refractivity contribution in [1.82, 2.24) is 9.13 Å². The van der Waals surface area contributed by atoms with Crippen molar-refractivity contribution < 1.29 is 18.4 Å². The SMILES string of the molecule is C=C[C@]1(CO[Si](C)(C)C(C)(C)C)O[C@@H](n2ccc(=O)n(C(=O)c3ccccc3)c2=O)[C@H](Cl)[C@@H]1O[Si](C)(C)C(C)(C)C. The molecule has 1 fully saturated rings. The smallest absolute Gasteiger partial charge is 0.340 e. The number of benzene rings is 1. The molecule has 0 amide bonds. The lowest BCUT2D eigenvalue weighted by Gasteiger charge is -2.44. The molecule has 4 atom stereocenters. The van der Waals surface area contributed by atoms with Gasteiger partial charge in [-0.05, 0) is 48.4 Å². The number of hydrogen-bond donors (Lipinski definition) is 0. The second kappa shape index (κ2) is 11.5. The first-order valence-corrected chi connectivity index (χ1v) is 20.2. The van der Waals surface area contributed by atoms with Gasteiger partial charge in [0.1, 0.15) is 17.1 Å². The number of alkyl halides is 1. The number of rotatable bonds is 8. The first-order valence-electron chi connectivity index (χ1n) is 13.9. The molecule has 11 heteroatoms. The van der Waals surface area contributed by atoms with Gasteiger partial charge in [0.2, 0.25) is 0 Å². The van der Waals surface area contributed by atoms with Crippen molar-refractivity contribution in [3.8, 4) is 0 Å². The molecule has 0 bridgehead atoms. The summed E-state index contributed by atoms with van der Waals surface area (Å²) in [5.41, 5.74) is -2.57. The fraction of sp³-hybridized carbons (Fsp3) is 0.567. The van der Waals surface area contributed by atoms with Crippen LogP contribution in [0.3, 0.4) is 0 Å². The van der Waals surface area contributed by atoms with Gasteiger partial charge in [0.25, 0.3) is 11.5 Å². The standard InChI is InChI=1S/C30H45ClN2O6Si2/c1-12-30(20-37-40(8,9)28(2,3)4)24(39-41(10,11)29(5,6)7)23(31)26(38-30)32-19-18-22(34)33(27(32)36)25(35)21-16-14-13-15-17-21/h12-19,23-24,26H,1,20H2,2-11H3/t23-,24+,26-,30-/m1/s1. The average Bonchev–Trinajstić information content (AvgIpc) is 3.13. The highest BCUT2D eigenvalue weighted by Gasteiger charge is 2.58. The van der Waals surface area contributed by atoms with Gasteiger partial charge in [0.05, 0.1) is 6.61 Å². The first kappa shape index (κ1) is 33.4. The van der Waals surface area contributed by atoms with E-state index in [4.69, 9.17) is 25.2 Å². The molecule has 2 heterocycles. The van der Waals surface area contributed by atoms with Crippen LogP contribution in [-0.4, -0.2) is 55.4 Å². The minimum atomic E-state index is -2.41. The Morgan fingerprint density at radius 2 is 1.59 bits per heavy atom. The van der Waals surface area contributed by atoms with E-state index in [1.54, 1.807) is 36.4 Å². The molecule has 1 aromatic heterocycles. The van der Waals surface area contributed by atoms with E-state index in [1.165, 1.54) is 16.8 Å². The molecule has 8 nitrogen and oxygen atoms in total.